The van der Waals surface area contributed by atoms with Crippen LogP contribution < -0.4 is 4.72 Å². The second-order valence-corrected chi connectivity index (χ2v) is 5.69. The van der Waals surface area contributed by atoms with E-state index in [4.69, 9.17) is 0 Å². The quantitative estimate of drug-likeness (QED) is 0.838. The highest BCUT2D eigenvalue weighted by Crippen LogP contribution is 2.11. The summed E-state index contributed by atoms with van der Waals surface area (Å²) in [5.41, 5.74) is 1.11. The average molecular weight is 255 g/mol. The average Bonchev–Trinajstić information content (AvgIpc) is 2.28. The van der Waals surface area contributed by atoms with Crippen LogP contribution in [0.25, 0.3) is 0 Å². The van der Waals surface area contributed by atoms with Gasteiger partial charge in [-0.05, 0) is 31.0 Å². The molecule has 0 fully saturated rings. The summed E-state index contributed by atoms with van der Waals surface area (Å²) in [5, 5.41) is 0. The summed E-state index contributed by atoms with van der Waals surface area (Å²) in [6.45, 7) is 3.24. The minimum atomic E-state index is -3.56. The van der Waals surface area contributed by atoms with Crippen LogP contribution in [-0.2, 0) is 21.2 Å². The standard InChI is InChI=1S/C12H17NO3S/c1-3-4-11-5-7-12(8-6-11)17(15,16)13-9-10(2)14/h5-8,13H,3-4,9H2,1-2H3. The van der Waals surface area contributed by atoms with Crippen LogP contribution in [0.5, 0.6) is 0 Å². The molecule has 94 valence electrons. The van der Waals surface area contributed by atoms with E-state index in [9.17, 15) is 13.2 Å². The molecule has 1 aromatic rings. The summed E-state index contributed by atoms with van der Waals surface area (Å²) in [6.07, 6.45) is 1.95. The van der Waals surface area contributed by atoms with E-state index in [1.807, 2.05) is 0 Å². The van der Waals surface area contributed by atoms with Crippen molar-refractivity contribution in [2.45, 2.75) is 31.6 Å². The first-order valence-electron chi connectivity index (χ1n) is 5.53. The Kier molecular flexibility index (Phi) is 4.84. The highest BCUT2D eigenvalue weighted by molar-refractivity contribution is 7.89. The Labute approximate surface area is 102 Å². The Morgan fingerprint density at radius 2 is 1.82 bits per heavy atom. The number of hydrogen-bond donors (Lipinski definition) is 1. The van der Waals surface area contributed by atoms with Gasteiger partial charge in [0.2, 0.25) is 10.0 Å². The minimum absolute atomic E-state index is 0.168. The molecule has 17 heavy (non-hydrogen) atoms. The fraction of sp³-hybridized carbons (Fsp3) is 0.417. The second kappa shape index (κ2) is 5.93. The molecule has 0 aromatic heterocycles. The highest BCUT2D eigenvalue weighted by Gasteiger charge is 2.13. The molecule has 0 saturated heterocycles. The Hall–Kier alpha value is -1.20. The lowest BCUT2D eigenvalue weighted by Gasteiger charge is -2.06. The van der Waals surface area contributed by atoms with Gasteiger partial charge in [-0.2, -0.15) is 0 Å². The summed E-state index contributed by atoms with van der Waals surface area (Å²) in [7, 11) is -3.56. The maximum Gasteiger partial charge on any atom is 0.240 e. The monoisotopic (exact) mass is 255 g/mol. The van der Waals surface area contributed by atoms with Crippen LogP contribution in [-0.4, -0.2) is 20.7 Å². The molecule has 0 saturated carbocycles. The van der Waals surface area contributed by atoms with Gasteiger partial charge in [0.1, 0.15) is 5.78 Å². The van der Waals surface area contributed by atoms with Crippen LogP contribution in [0.2, 0.25) is 0 Å². The van der Waals surface area contributed by atoms with Gasteiger partial charge in [-0.15, -0.1) is 0 Å². The molecule has 0 heterocycles. The van der Waals surface area contributed by atoms with Gasteiger partial charge >= 0.3 is 0 Å². The third-order valence-corrected chi connectivity index (χ3v) is 3.70. The van der Waals surface area contributed by atoms with Crippen molar-refractivity contribution in [1.82, 2.24) is 4.72 Å². The van der Waals surface area contributed by atoms with E-state index in [1.54, 1.807) is 24.3 Å². The number of Topliss-reactive ketones (excluding diaryl/α,β-unsaturated/α-hetero) is 1. The topological polar surface area (TPSA) is 63.2 Å². The van der Waals surface area contributed by atoms with Crippen LogP contribution in [0.1, 0.15) is 25.8 Å². The molecule has 0 aliphatic heterocycles. The van der Waals surface area contributed by atoms with Crippen molar-refractivity contribution in [3.05, 3.63) is 29.8 Å². The zero-order chi connectivity index (χ0) is 12.9. The lowest BCUT2D eigenvalue weighted by atomic mass is 10.1. The van der Waals surface area contributed by atoms with Gasteiger partial charge in [0.15, 0.2) is 0 Å². The normalized spacial score (nSPS) is 11.4. The number of ketones is 1. The van der Waals surface area contributed by atoms with Crippen molar-refractivity contribution >= 4 is 15.8 Å². The van der Waals surface area contributed by atoms with Gasteiger partial charge in [0, 0.05) is 0 Å². The van der Waals surface area contributed by atoms with Crippen molar-refractivity contribution in [1.29, 1.82) is 0 Å². The number of nitrogens with one attached hydrogen (secondary N) is 1. The summed E-state index contributed by atoms with van der Waals surface area (Å²) in [5.74, 6) is -0.212. The van der Waals surface area contributed by atoms with Gasteiger partial charge in [0.05, 0.1) is 11.4 Å². The third-order valence-electron chi connectivity index (χ3n) is 2.28. The molecule has 0 bridgehead atoms. The molecule has 1 aromatic carbocycles. The largest absolute Gasteiger partial charge is 0.299 e. The fourth-order valence-corrected chi connectivity index (χ4v) is 2.46. The van der Waals surface area contributed by atoms with Crippen molar-refractivity contribution in [2.24, 2.45) is 0 Å². The van der Waals surface area contributed by atoms with Crippen LogP contribution in [0, 0.1) is 0 Å². The second-order valence-electron chi connectivity index (χ2n) is 3.92. The zero-order valence-electron chi connectivity index (χ0n) is 10.1. The van der Waals surface area contributed by atoms with E-state index >= 15 is 0 Å². The summed E-state index contributed by atoms with van der Waals surface area (Å²) in [4.78, 5) is 10.9. The van der Waals surface area contributed by atoms with Gasteiger partial charge in [0.25, 0.3) is 0 Å². The van der Waals surface area contributed by atoms with E-state index < -0.39 is 10.0 Å². The molecule has 0 aliphatic rings. The molecule has 0 amide bonds. The van der Waals surface area contributed by atoms with E-state index in [-0.39, 0.29) is 17.2 Å². The van der Waals surface area contributed by atoms with E-state index in [1.165, 1.54) is 6.92 Å². The Morgan fingerprint density at radius 3 is 2.29 bits per heavy atom. The fourth-order valence-electron chi connectivity index (χ4n) is 1.40. The smallest absolute Gasteiger partial charge is 0.240 e. The van der Waals surface area contributed by atoms with Crippen LogP contribution in [0.15, 0.2) is 29.2 Å². The Balaban J connectivity index is 2.81. The zero-order valence-corrected chi connectivity index (χ0v) is 10.9. The molecule has 0 aliphatic carbocycles. The summed E-state index contributed by atoms with van der Waals surface area (Å²) < 4.78 is 25.7. The maximum absolute atomic E-state index is 11.7. The summed E-state index contributed by atoms with van der Waals surface area (Å²) in [6, 6.07) is 6.72. The highest BCUT2D eigenvalue weighted by atomic mass is 32.2. The predicted molar refractivity (Wildman–Crippen MR) is 66.3 cm³/mol. The van der Waals surface area contributed by atoms with E-state index in [2.05, 4.69) is 11.6 Å². The first kappa shape index (κ1) is 13.9. The van der Waals surface area contributed by atoms with Gasteiger partial charge in [-0.1, -0.05) is 25.5 Å². The number of rotatable bonds is 6. The lowest BCUT2D eigenvalue weighted by molar-refractivity contribution is -0.115. The molecule has 1 N–H and O–H groups in total. The van der Waals surface area contributed by atoms with Crippen LogP contribution in [0.3, 0.4) is 0 Å². The number of benzene rings is 1. The Morgan fingerprint density at radius 1 is 1.24 bits per heavy atom. The number of carbonyl (C=O) groups excluding carboxylic acids is 1. The Bertz CT molecular complexity index is 477. The minimum Gasteiger partial charge on any atom is -0.299 e. The molecule has 4 nitrogen and oxygen atoms in total. The van der Waals surface area contributed by atoms with Crippen molar-refractivity contribution < 1.29 is 13.2 Å². The third kappa shape index (κ3) is 4.28. The predicted octanol–water partition coefficient (Wildman–Crippen LogP) is 1.51. The number of hydrogen-bond acceptors (Lipinski definition) is 3. The first-order valence-corrected chi connectivity index (χ1v) is 7.02. The van der Waals surface area contributed by atoms with E-state index in [0.29, 0.717) is 0 Å². The number of aryl methyl sites for hydroxylation is 1. The van der Waals surface area contributed by atoms with Gasteiger partial charge in [-0.25, -0.2) is 13.1 Å². The van der Waals surface area contributed by atoms with E-state index in [0.717, 1.165) is 18.4 Å². The molecule has 0 atom stereocenters. The van der Waals surface area contributed by atoms with Gasteiger partial charge in [-0.3, -0.25) is 4.79 Å². The van der Waals surface area contributed by atoms with Crippen LogP contribution in [0.4, 0.5) is 0 Å². The molecular formula is C12H17NO3S. The SMILES string of the molecule is CCCc1ccc(S(=O)(=O)NCC(C)=O)cc1. The van der Waals surface area contributed by atoms with Crippen molar-refractivity contribution in [2.75, 3.05) is 6.54 Å². The summed E-state index contributed by atoms with van der Waals surface area (Å²) >= 11 is 0. The maximum atomic E-state index is 11.7. The van der Waals surface area contributed by atoms with Gasteiger partial charge < -0.3 is 0 Å². The molecule has 5 heteroatoms. The first-order chi connectivity index (χ1) is 7.95. The molecule has 0 radical (unpaired) electrons. The molecule has 0 unspecified atom stereocenters. The van der Waals surface area contributed by atoms with Crippen molar-refractivity contribution in [3.63, 3.8) is 0 Å². The number of sulfonamides is 1. The molecular weight excluding hydrogens is 238 g/mol. The van der Waals surface area contributed by atoms with Crippen LogP contribution >= 0.6 is 0 Å². The number of carbonyl (C=O) groups is 1. The lowest BCUT2D eigenvalue weighted by Crippen LogP contribution is -2.28. The molecule has 0 spiro atoms. The van der Waals surface area contributed by atoms with Crippen molar-refractivity contribution in [3.8, 4) is 0 Å². The molecule has 1 rings (SSSR count).